The van der Waals surface area contributed by atoms with Crippen molar-refractivity contribution in [2.45, 2.75) is 0 Å². The van der Waals surface area contributed by atoms with Crippen LogP contribution in [0.15, 0.2) is 36.4 Å². The summed E-state index contributed by atoms with van der Waals surface area (Å²) in [6.07, 6.45) is 0. The molecule has 10 heteroatoms. The van der Waals surface area contributed by atoms with Gasteiger partial charge in [-0.15, -0.1) is 0 Å². The fraction of sp³-hybridized carbons (Fsp3) is 0.200. The number of nitrogens with zero attached hydrogens (tertiary/aromatic N) is 1. The number of nitro groups is 1. The number of ether oxygens (including phenoxy) is 2. The molecule has 0 saturated heterocycles. The molecule has 25 heavy (non-hydrogen) atoms. The molecule has 0 spiro atoms. The van der Waals surface area contributed by atoms with Crippen LogP contribution in [-0.2, 0) is 9.53 Å². The zero-order valence-electron chi connectivity index (χ0n) is 12.8. The van der Waals surface area contributed by atoms with Crippen LogP contribution in [0.1, 0.15) is 9.67 Å². The molecule has 1 aromatic heterocycles. The number of hydrogen-bond acceptors (Lipinski definition) is 7. The first-order valence-corrected chi connectivity index (χ1v) is 8.21. The van der Waals surface area contributed by atoms with Crippen molar-refractivity contribution in [3.63, 3.8) is 0 Å². The van der Waals surface area contributed by atoms with Crippen molar-refractivity contribution < 1.29 is 24.0 Å². The fourth-order valence-corrected chi connectivity index (χ4v) is 2.52. The Morgan fingerprint density at radius 1 is 1.20 bits per heavy atom. The van der Waals surface area contributed by atoms with Crippen molar-refractivity contribution in [2.75, 3.05) is 19.8 Å². The molecule has 0 aliphatic heterocycles. The van der Waals surface area contributed by atoms with Crippen LogP contribution in [0.3, 0.4) is 0 Å². The summed E-state index contributed by atoms with van der Waals surface area (Å²) in [5, 5.41) is 13.5. The molecule has 2 rings (SSSR count). The minimum atomic E-state index is -0.786. The lowest BCUT2D eigenvalue weighted by molar-refractivity contribution is -0.380. The van der Waals surface area contributed by atoms with Crippen molar-refractivity contribution in [2.24, 2.45) is 0 Å². The summed E-state index contributed by atoms with van der Waals surface area (Å²) >= 11 is 6.44. The van der Waals surface area contributed by atoms with Gasteiger partial charge in [0.15, 0.2) is 6.61 Å². The Bertz CT molecular complexity index is 762. The number of benzene rings is 1. The van der Waals surface area contributed by atoms with E-state index >= 15 is 0 Å². The normalized spacial score (nSPS) is 10.1. The van der Waals surface area contributed by atoms with Crippen LogP contribution in [0.4, 0.5) is 5.00 Å². The van der Waals surface area contributed by atoms with E-state index < -0.39 is 23.4 Å². The minimum absolute atomic E-state index is 0.0607. The number of esters is 1. The van der Waals surface area contributed by atoms with Crippen molar-refractivity contribution in [1.82, 2.24) is 5.32 Å². The van der Waals surface area contributed by atoms with Gasteiger partial charge in [-0.1, -0.05) is 22.9 Å². The van der Waals surface area contributed by atoms with E-state index in [1.165, 1.54) is 12.1 Å². The highest BCUT2D eigenvalue weighted by atomic mass is 35.5. The average Bonchev–Trinajstić information content (AvgIpc) is 3.08. The molecule has 1 aromatic carbocycles. The average molecular weight is 385 g/mol. The van der Waals surface area contributed by atoms with Gasteiger partial charge in [0.05, 0.1) is 11.5 Å². The van der Waals surface area contributed by atoms with Gasteiger partial charge in [-0.2, -0.15) is 0 Å². The van der Waals surface area contributed by atoms with Crippen molar-refractivity contribution in [3.05, 3.63) is 56.4 Å². The van der Waals surface area contributed by atoms with Crippen LogP contribution in [0.2, 0.25) is 5.02 Å². The summed E-state index contributed by atoms with van der Waals surface area (Å²) in [6, 6.07) is 9.25. The number of rotatable bonds is 8. The monoisotopic (exact) mass is 384 g/mol. The largest absolute Gasteiger partial charge is 0.492 e. The first-order chi connectivity index (χ1) is 12.0. The summed E-state index contributed by atoms with van der Waals surface area (Å²) in [5.41, 5.74) is 0. The zero-order chi connectivity index (χ0) is 18.2. The highest BCUT2D eigenvalue weighted by molar-refractivity contribution is 7.17. The zero-order valence-corrected chi connectivity index (χ0v) is 14.3. The maximum Gasteiger partial charge on any atom is 0.349 e. The van der Waals surface area contributed by atoms with Crippen molar-refractivity contribution >= 4 is 39.8 Å². The van der Waals surface area contributed by atoms with Gasteiger partial charge >= 0.3 is 11.0 Å². The molecule has 0 fully saturated rings. The lowest BCUT2D eigenvalue weighted by Crippen LogP contribution is -2.32. The Morgan fingerprint density at radius 2 is 1.92 bits per heavy atom. The molecule has 1 N–H and O–H groups in total. The quantitative estimate of drug-likeness (QED) is 0.324. The first-order valence-electron chi connectivity index (χ1n) is 7.02. The van der Waals surface area contributed by atoms with E-state index in [-0.39, 0.29) is 23.0 Å². The van der Waals surface area contributed by atoms with Gasteiger partial charge in [0.2, 0.25) is 0 Å². The molecule has 0 radical (unpaired) electrons. The second-order valence-corrected chi connectivity index (χ2v) is 6.12. The number of carbonyl (C=O) groups is 2. The summed E-state index contributed by atoms with van der Waals surface area (Å²) in [7, 11) is 0. The van der Waals surface area contributed by atoms with Crippen LogP contribution in [0.5, 0.6) is 5.75 Å². The van der Waals surface area contributed by atoms with Gasteiger partial charge in [0.25, 0.3) is 5.91 Å². The van der Waals surface area contributed by atoms with Crippen molar-refractivity contribution in [1.29, 1.82) is 0 Å². The van der Waals surface area contributed by atoms with E-state index in [9.17, 15) is 19.7 Å². The lowest BCUT2D eigenvalue weighted by Gasteiger charge is -2.08. The second kappa shape index (κ2) is 9.00. The second-order valence-electron chi connectivity index (χ2n) is 4.62. The molecule has 1 amide bonds. The maximum atomic E-state index is 11.7. The molecule has 0 unspecified atom stereocenters. The van der Waals surface area contributed by atoms with Gasteiger partial charge in [-0.25, -0.2) is 4.79 Å². The summed E-state index contributed by atoms with van der Waals surface area (Å²) in [6.45, 7) is -0.0204. The number of hydrogen-bond donors (Lipinski definition) is 1. The molecule has 0 bridgehead atoms. The third-order valence-corrected chi connectivity index (χ3v) is 4.08. The Kier molecular flexibility index (Phi) is 6.72. The Morgan fingerprint density at radius 3 is 2.56 bits per heavy atom. The summed E-state index contributed by atoms with van der Waals surface area (Å²) in [4.78, 5) is 33.3. The van der Waals surface area contributed by atoms with E-state index in [2.05, 4.69) is 5.32 Å². The van der Waals surface area contributed by atoms with Crippen LogP contribution in [0.25, 0.3) is 0 Å². The summed E-state index contributed by atoms with van der Waals surface area (Å²) < 4.78 is 10.2. The topological polar surface area (TPSA) is 108 Å². The van der Waals surface area contributed by atoms with Gasteiger partial charge in [-0.3, -0.25) is 14.9 Å². The Balaban J connectivity index is 1.65. The van der Waals surface area contributed by atoms with Crippen molar-refractivity contribution in [3.8, 4) is 5.75 Å². The molecule has 8 nitrogen and oxygen atoms in total. The van der Waals surface area contributed by atoms with E-state index in [1.807, 2.05) is 0 Å². The number of nitrogens with one attached hydrogen (secondary N) is 1. The molecule has 1 heterocycles. The lowest BCUT2D eigenvalue weighted by atomic mass is 10.3. The van der Waals surface area contributed by atoms with Crippen LogP contribution < -0.4 is 10.1 Å². The molecular formula is C15H13ClN2O6S. The third kappa shape index (κ3) is 6.05. The van der Waals surface area contributed by atoms with E-state index in [0.29, 0.717) is 22.1 Å². The number of amides is 1. The predicted octanol–water partition coefficient (Wildman–Crippen LogP) is 2.66. The van der Waals surface area contributed by atoms with Gasteiger partial charge in [0, 0.05) is 11.1 Å². The number of thiophene rings is 1. The molecule has 0 aliphatic carbocycles. The van der Waals surface area contributed by atoms with Crippen LogP contribution in [0, 0.1) is 10.1 Å². The molecular weight excluding hydrogens is 372 g/mol. The molecule has 0 atom stereocenters. The number of halogens is 1. The predicted molar refractivity (Wildman–Crippen MR) is 91.2 cm³/mol. The SMILES string of the molecule is O=C(COC(=O)c1ccc([N+](=O)[O-])s1)NCCOc1ccc(Cl)cc1. The van der Waals surface area contributed by atoms with E-state index in [4.69, 9.17) is 21.1 Å². The Hall–Kier alpha value is -2.65. The molecule has 0 aliphatic rings. The smallest absolute Gasteiger partial charge is 0.349 e. The third-order valence-electron chi connectivity index (χ3n) is 2.81. The van der Waals surface area contributed by atoms with E-state index in [0.717, 1.165) is 0 Å². The van der Waals surface area contributed by atoms with Crippen LogP contribution >= 0.6 is 22.9 Å². The van der Waals surface area contributed by atoms with Gasteiger partial charge < -0.3 is 14.8 Å². The molecule has 0 saturated carbocycles. The van der Waals surface area contributed by atoms with Crippen LogP contribution in [-0.4, -0.2) is 36.6 Å². The molecule has 132 valence electrons. The Labute approximate surface area is 151 Å². The standard InChI is InChI=1S/C15H13ClN2O6S/c16-10-1-3-11(4-2-10)23-8-7-17-13(19)9-24-15(20)12-5-6-14(25-12)18(21)22/h1-6H,7-9H2,(H,17,19). The van der Waals surface area contributed by atoms with Gasteiger partial charge in [-0.05, 0) is 30.3 Å². The van der Waals surface area contributed by atoms with E-state index in [1.54, 1.807) is 24.3 Å². The highest BCUT2D eigenvalue weighted by Crippen LogP contribution is 2.24. The highest BCUT2D eigenvalue weighted by Gasteiger charge is 2.17. The minimum Gasteiger partial charge on any atom is -0.492 e. The fourth-order valence-electron chi connectivity index (χ4n) is 1.68. The summed E-state index contributed by atoms with van der Waals surface area (Å²) in [5.74, 6) is -0.672. The molecule has 2 aromatic rings. The maximum absolute atomic E-state index is 11.7. The van der Waals surface area contributed by atoms with Gasteiger partial charge in [0.1, 0.15) is 17.2 Å². The first kappa shape index (κ1) is 18.7. The number of carbonyl (C=O) groups excluding carboxylic acids is 2.